The van der Waals surface area contributed by atoms with Crippen LogP contribution in [0, 0.1) is 0 Å². The average molecular weight is 666 g/mol. The molecule has 2 aromatic heterocycles. The van der Waals surface area contributed by atoms with Crippen LogP contribution in [0.4, 0.5) is 0 Å². The van der Waals surface area contributed by atoms with Crippen molar-refractivity contribution in [2.75, 3.05) is 20.8 Å². The first kappa shape index (κ1) is 30.2. The van der Waals surface area contributed by atoms with Gasteiger partial charge < -0.3 is 18.6 Å². The monoisotopic (exact) mass is 664 g/mol. The number of benzene rings is 2. The number of nitrogens with zero attached hydrogens (tertiary/aromatic N) is 2. The van der Waals surface area contributed by atoms with E-state index in [1.54, 1.807) is 56.5 Å². The maximum Gasteiger partial charge on any atom is 0.338 e. The van der Waals surface area contributed by atoms with Crippen LogP contribution in [-0.4, -0.2) is 37.3 Å². The van der Waals surface area contributed by atoms with Crippen molar-refractivity contribution in [2.24, 2.45) is 4.99 Å². The number of fused-ring (bicyclic) bond motifs is 1. The largest absolute Gasteiger partial charge is 0.496 e. The predicted molar refractivity (Wildman–Crippen MR) is 166 cm³/mol. The number of rotatable bonds is 9. The third-order valence-corrected chi connectivity index (χ3v) is 8.32. The summed E-state index contributed by atoms with van der Waals surface area (Å²) in [6, 6.07) is 15.1. The maximum absolute atomic E-state index is 14.1. The molecular weight excluding hydrogens is 636 g/mol. The van der Waals surface area contributed by atoms with Gasteiger partial charge in [0, 0.05) is 21.7 Å². The number of carbonyl (C=O) groups excluding carboxylic acids is 2. The summed E-state index contributed by atoms with van der Waals surface area (Å²) < 4.78 is 24.7. The number of thiazole rings is 1. The Morgan fingerprint density at radius 3 is 2.63 bits per heavy atom. The van der Waals surface area contributed by atoms with Crippen molar-refractivity contribution in [1.29, 1.82) is 0 Å². The van der Waals surface area contributed by atoms with Gasteiger partial charge in [-0.25, -0.2) is 14.6 Å². The Hall–Kier alpha value is -4.22. The van der Waals surface area contributed by atoms with Gasteiger partial charge in [-0.15, -0.1) is 0 Å². The molecular formula is C32H29BrN2O7S. The van der Waals surface area contributed by atoms with Crippen LogP contribution >= 0.6 is 27.3 Å². The molecule has 1 aliphatic heterocycles. The van der Waals surface area contributed by atoms with Crippen LogP contribution in [0.15, 0.2) is 84.5 Å². The summed E-state index contributed by atoms with van der Waals surface area (Å²) >= 11 is 4.74. The lowest BCUT2D eigenvalue weighted by Crippen LogP contribution is -2.40. The molecule has 0 N–H and O–H groups in total. The second-order valence-corrected chi connectivity index (χ2v) is 11.5. The van der Waals surface area contributed by atoms with E-state index in [1.807, 2.05) is 25.1 Å². The Morgan fingerprint density at radius 2 is 1.91 bits per heavy atom. The minimum atomic E-state index is -0.820. The number of ether oxygens (including phenoxy) is 3. The number of carbonyl (C=O) groups is 2. The highest BCUT2D eigenvalue weighted by Crippen LogP contribution is 2.38. The van der Waals surface area contributed by atoms with Crippen molar-refractivity contribution < 1.29 is 28.2 Å². The number of allylic oxidation sites excluding steroid dienone is 1. The molecule has 9 nitrogen and oxygen atoms in total. The van der Waals surface area contributed by atoms with Crippen molar-refractivity contribution in [3.05, 3.63) is 107 Å². The number of methoxy groups -OCH3 is 2. The van der Waals surface area contributed by atoms with E-state index >= 15 is 0 Å². The Labute approximate surface area is 259 Å². The van der Waals surface area contributed by atoms with Gasteiger partial charge in [-0.05, 0) is 55.8 Å². The molecule has 11 heteroatoms. The van der Waals surface area contributed by atoms with E-state index in [2.05, 4.69) is 15.9 Å². The first-order valence-electron chi connectivity index (χ1n) is 13.6. The van der Waals surface area contributed by atoms with E-state index in [0.29, 0.717) is 61.0 Å². The van der Waals surface area contributed by atoms with Crippen LogP contribution in [0.2, 0.25) is 0 Å². The Balaban J connectivity index is 1.67. The maximum atomic E-state index is 14.1. The first-order valence-corrected chi connectivity index (χ1v) is 15.2. The van der Waals surface area contributed by atoms with Crippen molar-refractivity contribution in [3.8, 4) is 17.1 Å². The fraction of sp³-hybridized carbons (Fsp3) is 0.250. The smallest absolute Gasteiger partial charge is 0.338 e. The number of halogens is 1. The summed E-state index contributed by atoms with van der Waals surface area (Å²) in [5.74, 6) is 0.513. The first-order chi connectivity index (χ1) is 20.8. The lowest BCUT2D eigenvalue weighted by atomic mass is 9.93. The molecule has 0 radical (unpaired) electrons. The van der Waals surface area contributed by atoms with E-state index in [1.165, 1.54) is 23.0 Å². The molecule has 0 fully saturated rings. The summed E-state index contributed by atoms with van der Waals surface area (Å²) in [4.78, 5) is 44.7. The zero-order valence-electron chi connectivity index (χ0n) is 24.0. The molecule has 1 atom stereocenters. The second-order valence-electron chi connectivity index (χ2n) is 9.57. The lowest BCUT2D eigenvalue weighted by Gasteiger charge is -2.27. The number of hydrogen-bond donors (Lipinski definition) is 0. The highest BCUT2D eigenvalue weighted by molar-refractivity contribution is 9.10. The standard InChI is InChI=1S/C32H29BrN2O7S/c1-5-8-23-27(31(38)41-6-2)28(22-16-20(33)11-13-25(22)39-3)35-29(36)26(43-32(35)34-23)17-21-12-14-24(42-21)18-9-7-10-19(15-18)30(37)40-4/h7,9-17,28H,5-6,8H2,1-4H3/b26-17+/t28-/m0/s1. The molecule has 222 valence electrons. The Kier molecular flexibility index (Phi) is 9.12. The number of aromatic nitrogens is 1. The van der Waals surface area contributed by atoms with Crippen LogP contribution < -0.4 is 19.6 Å². The van der Waals surface area contributed by atoms with Gasteiger partial charge >= 0.3 is 11.9 Å². The lowest BCUT2D eigenvalue weighted by molar-refractivity contribution is -0.139. The van der Waals surface area contributed by atoms with E-state index in [-0.39, 0.29) is 12.2 Å². The summed E-state index contributed by atoms with van der Waals surface area (Å²) in [6.07, 6.45) is 2.92. The highest BCUT2D eigenvalue weighted by Gasteiger charge is 2.36. The Bertz CT molecular complexity index is 1920. The second kappa shape index (κ2) is 13.0. The average Bonchev–Trinajstić information content (AvgIpc) is 3.60. The molecule has 0 saturated heterocycles. The minimum absolute atomic E-state index is 0.178. The minimum Gasteiger partial charge on any atom is -0.496 e. The van der Waals surface area contributed by atoms with E-state index in [9.17, 15) is 14.4 Å². The fourth-order valence-corrected chi connectivity index (χ4v) is 6.34. The van der Waals surface area contributed by atoms with Gasteiger partial charge in [0.15, 0.2) is 4.80 Å². The van der Waals surface area contributed by atoms with Crippen molar-refractivity contribution in [2.45, 2.75) is 32.7 Å². The topological polar surface area (TPSA) is 109 Å². The van der Waals surface area contributed by atoms with Gasteiger partial charge in [0.25, 0.3) is 5.56 Å². The molecule has 0 spiro atoms. The molecule has 0 amide bonds. The van der Waals surface area contributed by atoms with Crippen molar-refractivity contribution in [1.82, 2.24) is 4.57 Å². The highest BCUT2D eigenvalue weighted by atomic mass is 79.9. The molecule has 2 aromatic carbocycles. The van der Waals surface area contributed by atoms with Crippen molar-refractivity contribution >= 4 is 45.3 Å². The fourth-order valence-electron chi connectivity index (χ4n) is 4.97. The van der Waals surface area contributed by atoms with E-state index < -0.39 is 18.0 Å². The van der Waals surface area contributed by atoms with Gasteiger partial charge in [0.1, 0.15) is 23.3 Å². The molecule has 3 heterocycles. The third-order valence-electron chi connectivity index (χ3n) is 6.85. The summed E-state index contributed by atoms with van der Waals surface area (Å²) in [5.41, 5.74) is 2.26. The molecule has 43 heavy (non-hydrogen) atoms. The van der Waals surface area contributed by atoms with E-state index in [4.69, 9.17) is 23.6 Å². The van der Waals surface area contributed by atoms with Crippen LogP contribution in [0.1, 0.15) is 54.4 Å². The third kappa shape index (κ3) is 6.00. The van der Waals surface area contributed by atoms with Gasteiger partial charge in [-0.3, -0.25) is 9.36 Å². The normalized spacial score (nSPS) is 14.7. The Morgan fingerprint density at radius 1 is 1.09 bits per heavy atom. The molecule has 1 aliphatic rings. The zero-order chi connectivity index (χ0) is 30.7. The van der Waals surface area contributed by atoms with E-state index in [0.717, 1.165) is 10.9 Å². The molecule has 5 rings (SSSR count). The molecule has 0 bridgehead atoms. The summed E-state index contributed by atoms with van der Waals surface area (Å²) in [5, 5.41) is 0. The van der Waals surface area contributed by atoms with Crippen molar-refractivity contribution in [3.63, 3.8) is 0 Å². The van der Waals surface area contributed by atoms with Gasteiger partial charge in [0.05, 0.1) is 42.2 Å². The summed E-state index contributed by atoms with van der Waals surface area (Å²) in [7, 11) is 2.88. The quantitative estimate of drug-likeness (QED) is 0.221. The zero-order valence-corrected chi connectivity index (χ0v) is 26.4. The van der Waals surface area contributed by atoms with Crippen LogP contribution in [0.25, 0.3) is 17.4 Å². The van der Waals surface area contributed by atoms with Crippen LogP contribution in [0.3, 0.4) is 0 Å². The number of furan rings is 1. The molecule has 0 unspecified atom stereocenters. The molecule has 0 aliphatic carbocycles. The predicted octanol–water partition coefficient (Wildman–Crippen LogP) is 5.40. The van der Waals surface area contributed by atoms with Crippen LogP contribution in [-0.2, 0) is 14.3 Å². The van der Waals surface area contributed by atoms with Gasteiger partial charge in [-0.2, -0.15) is 0 Å². The van der Waals surface area contributed by atoms with Crippen LogP contribution in [0.5, 0.6) is 5.75 Å². The molecule has 4 aromatic rings. The number of hydrogen-bond acceptors (Lipinski definition) is 9. The number of esters is 2. The van der Waals surface area contributed by atoms with Gasteiger partial charge in [0.2, 0.25) is 0 Å². The SMILES string of the molecule is CCCC1=C(C(=O)OCC)[C@H](c2cc(Br)ccc2OC)n2c(s/c(=C/c3ccc(-c4cccc(C(=O)OC)c4)o3)c2=O)=N1. The van der Waals surface area contributed by atoms with Gasteiger partial charge in [-0.1, -0.05) is 52.7 Å². The summed E-state index contributed by atoms with van der Waals surface area (Å²) in [6.45, 7) is 3.92. The molecule has 0 saturated carbocycles.